The van der Waals surface area contributed by atoms with Crippen LogP contribution >= 0.6 is 0 Å². The Kier molecular flexibility index (Phi) is 4.90. The van der Waals surface area contributed by atoms with Gasteiger partial charge in [0.15, 0.2) is 23.0 Å². The maximum Gasteiger partial charge on any atom is 0.276 e. The summed E-state index contributed by atoms with van der Waals surface area (Å²) in [6.45, 7) is 2.45. The van der Waals surface area contributed by atoms with Crippen LogP contribution < -0.4 is 10.1 Å². The zero-order valence-corrected chi connectivity index (χ0v) is 15.4. The van der Waals surface area contributed by atoms with E-state index in [4.69, 9.17) is 4.74 Å². The molecule has 4 aromatic rings. The number of fused-ring (bicyclic) bond motifs is 1. The minimum absolute atomic E-state index is 0.140. The van der Waals surface area contributed by atoms with Crippen LogP contribution in [0, 0.1) is 11.6 Å². The van der Waals surface area contributed by atoms with Gasteiger partial charge in [-0.1, -0.05) is 0 Å². The molecule has 29 heavy (non-hydrogen) atoms. The Labute approximate surface area is 164 Å². The fraction of sp³-hybridized carbons (Fsp3) is 0.0952. The highest BCUT2D eigenvalue weighted by Crippen LogP contribution is 2.23. The fourth-order valence-corrected chi connectivity index (χ4v) is 2.88. The second kappa shape index (κ2) is 7.67. The number of ether oxygens (including phenoxy) is 1. The van der Waals surface area contributed by atoms with Gasteiger partial charge in [-0.25, -0.2) is 18.3 Å². The number of amides is 1. The molecule has 2 aromatic heterocycles. The van der Waals surface area contributed by atoms with Crippen molar-refractivity contribution in [2.75, 3.05) is 11.9 Å². The third kappa shape index (κ3) is 3.77. The standard InChI is InChI=1S/C21H16F2N4O2/c1-2-29-15-6-4-14(5-7-15)25-21(28)18-12-20-24-10-9-19(27(20)26-18)13-3-8-16(22)17(23)11-13/h3-12H,2H2,1H3,(H,25,28). The summed E-state index contributed by atoms with van der Waals surface area (Å²) in [7, 11) is 0. The predicted octanol–water partition coefficient (Wildman–Crippen LogP) is 4.33. The second-order valence-corrected chi connectivity index (χ2v) is 6.17. The largest absolute Gasteiger partial charge is 0.494 e. The molecule has 4 rings (SSSR count). The van der Waals surface area contributed by atoms with Crippen LogP contribution in [-0.2, 0) is 0 Å². The van der Waals surface area contributed by atoms with Crippen LogP contribution in [0.1, 0.15) is 17.4 Å². The molecule has 2 aromatic carbocycles. The van der Waals surface area contributed by atoms with Gasteiger partial charge in [0.1, 0.15) is 5.75 Å². The van der Waals surface area contributed by atoms with E-state index in [1.54, 1.807) is 30.3 Å². The van der Waals surface area contributed by atoms with Crippen molar-refractivity contribution in [3.05, 3.63) is 78.1 Å². The maximum absolute atomic E-state index is 13.6. The number of halogens is 2. The van der Waals surface area contributed by atoms with Crippen molar-refractivity contribution in [2.24, 2.45) is 0 Å². The van der Waals surface area contributed by atoms with Crippen molar-refractivity contribution in [3.63, 3.8) is 0 Å². The summed E-state index contributed by atoms with van der Waals surface area (Å²) in [6, 6.07) is 13.7. The van der Waals surface area contributed by atoms with Crippen molar-refractivity contribution in [3.8, 4) is 17.0 Å². The van der Waals surface area contributed by atoms with Crippen molar-refractivity contribution >= 4 is 17.2 Å². The number of hydrogen-bond donors (Lipinski definition) is 1. The number of carbonyl (C=O) groups excluding carboxylic acids is 1. The molecule has 8 heteroatoms. The highest BCUT2D eigenvalue weighted by Gasteiger charge is 2.15. The molecule has 0 aliphatic carbocycles. The zero-order chi connectivity index (χ0) is 20.4. The number of hydrogen-bond acceptors (Lipinski definition) is 4. The Hall–Kier alpha value is -3.81. The maximum atomic E-state index is 13.6. The second-order valence-electron chi connectivity index (χ2n) is 6.17. The van der Waals surface area contributed by atoms with Gasteiger partial charge in [-0.15, -0.1) is 0 Å². The highest BCUT2D eigenvalue weighted by molar-refractivity contribution is 6.03. The molecule has 0 radical (unpaired) electrons. The lowest BCUT2D eigenvalue weighted by molar-refractivity contribution is 0.102. The van der Waals surface area contributed by atoms with E-state index in [9.17, 15) is 13.6 Å². The third-order valence-electron chi connectivity index (χ3n) is 4.23. The van der Waals surface area contributed by atoms with E-state index in [0.29, 0.717) is 34.9 Å². The van der Waals surface area contributed by atoms with E-state index < -0.39 is 17.5 Å². The number of aromatic nitrogens is 3. The Morgan fingerprint density at radius 1 is 1.07 bits per heavy atom. The van der Waals surface area contributed by atoms with Crippen LogP contribution in [-0.4, -0.2) is 27.1 Å². The SMILES string of the molecule is CCOc1ccc(NC(=O)c2cc3nccc(-c4ccc(F)c(F)c4)n3n2)cc1. The number of carbonyl (C=O) groups is 1. The number of nitrogens with one attached hydrogen (secondary N) is 1. The number of rotatable bonds is 5. The molecule has 0 unspecified atom stereocenters. The van der Waals surface area contributed by atoms with Crippen LogP contribution in [0.5, 0.6) is 5.75 Å². The summed E-state index contributed by atoms with van der Waals surface area (Å²) < 4.78 is 33.7. The summed E-state index contributed by atoms with van der Waals surface area (Å²) in [5.41, 5.74) is 2.03. The minimum Gasteiger partial charge on any atom is -0.494 e. The van der Waals surface area contributed by atoms with Crippen LogP contribution in [0.15, 0.2) is 60.8 Å². The normalized spacial score (nSPS) is 10.9. The van der Waals surface area contributed by atoms with E-state index in [-0.39, 0.29) is 5.69 Å². The summed E-state index contributed by atoms with van der Waals surface area (Å²) >= 11 is 0. The van der Waals surface area contributed by atoms with Gasteiger partial charge in [0, 0.05) is 23.5 Å². The van der Waals surface area contributed by atoms with Crippen molar-refractivity contribution in [2.45, 2.75) is 6.92 Å². The van der Waals surface area contributed by atoms with Crippen molar-refractivity contribution < 1.29 is 18.3 Å². The van der Waals surface area contributed by atoms with E-state index in [0.717, 1.165) is 12.1 Å². The number of benzene rings is 2. The Morgan fingerprint density at radius 3 is 2.59 bits per heavy atom. The molecule has 0 bridgehead atoms. The average Bonchev–Trinajstić information content (AvgIpc) is 3.16. The monoisotopic (exact) mass is 394 g/mol. The summed E-state index contributed by atoms with van der Waals surface area (Å²) in [5.74, 6) is -1.61. The molecule has 0 fully saturated rings. The van der Waals surface area contributed by atoms with E-state index in [1.165, 1.54) is 22.8 Å². The molecule has 0 aliphatic heterocycles. The van der Waals surface area contributed by atoms with Crippen LogP contribution in [0.25, 0.3) is 16.9 Å². The lowest BCUT2D eigenvalue weighted by Gasteiger charge is -2.06. The molecular weight excluding hydrogens is 378 g/mol. The summed E-state index contributed by atoms with van der Waals surface area (Å²) in [6.07, 6.45) is 1.52. The van der Waals surface area contributed by atoms with E-state index in [2.05, 4.69) is 15.4 Å². The van der Waals surface area contributed by atoms with Crippen molar-refractivity contribution in [1.82, 2.24) is 14.6 Å². The van der Waals surface area contributed by atoms with Gasteiger partial charge in [-0.3, -0.25) is 4.79 Å². The molecular formula is C21H16F2N4O2. The van der Waals surface area contributed by atoms with Crippen LogP contribution in [0.4, 0.5) is 14.5 Å². The first-order valence-electron chi connectivity index (χ1n) is 8.89. The predicted molar refractivity (Wildman–Crippen MR) is 104 cm³/mol. The van der Waals surface area contributed by atoms with Gasteiger partial charge in [-0.05, 0) is 55.5 Å². The first kappa shape index (κ1) is 18.5. The molecule has 0 saturated heterocycles. The Bertz CT molecular complexity index is 1190. The fourth-order valence-electron chi connectivity index (χ4n) is 2.88. The first-order valence-corrected chi connectivity index (χ1v) is 8.89. The van der Waals surface area contributed by atoms with E-state index >= 15 is 0 Å². The quantitative estimate of drug-likeness (QED) is 0.547. The molecule has 0 aliphatic rings. The van der Waals surface area contributed by atoms with Gasteiger partial charge in [0.05, 0.1) is 12.3 Å². The molecule has 1 N–H and O–H groups in total. The molecule has 0 saturated carbocycles. The smallest absolute Gasteiger partial charge is 0.276 e. The molecule has 1 amide bonds. The van der Waals surface area contributed by atoms with Gasteiger partial charge >= 0.3 is 0 Å². The Morgan fingerprint density at radius 2 is 1.86 bits per heavy atom. The van der Waals surface area contributed by atoms with Crippen LogP contribution in [0.2, 0.25) is 0 Å². The molecule has 6 nitrogen and oxygen atoms in total. The van der Waals surface area contributed by atoms with Gasteiger partial charge in [0.2, 0.25) is 0 Å². The third-order valence-corrected chi connectivity index (χ3v) is 4.23. The Balaban J connectivity index is 1.63. The molecule has 0 spiro atoms. The van der Waals surface area contributed by atoms with Gasteiger partial charge in [0.25, 0.3) is 5.91 Å². The summed E-state index contributed by atoms with van der Waals surface area (Å²) in [5, 5.41) is 7.04. The molecule has 0 atom stereocenters. The summed E-state index contributed by atoms with van der Waals surface area (Å²) in [4.78, 5) is 16.8. The van der Waals surface area contributed by atoms with Crippen molar-refractivity contribution in [1.29, 1.82) is 0 Å². The zero-order valence-electron chi connectivity index (χ0n) is 15.4. The minimum atomic E-state index is -0.965. The molecule has 146 valence electrons. The average molecular weight is 394 g/mol. The molecule has 2 heterocycles. The lowest BCUT2D eigenvalue weighted by atomic mass is 10.1. The van der Waals surface area contributed by atoms with Crippen LogP contribution in [0.3, 0.4) is 0 Å². The number of anilines is 1. The van der Waals surface area contributed by atoms with Gasteiger partial charge < -0.3 is 10.1 Å². The van der Waals surface area contributed by atoms with Gasteiger partial charge in [-0.2, -0.15) is 5.10 Å². The van der Waals surface area contributed by atoms with E-state index in [1.807, 2.05) is 6.92 Å². The first-order chi connectivity index (χ1) is 14.0. The lowest BCUT2D eigenvalue weighted by Crippen LogP contribution is -2.12. The number of nitrogens with zero attached hydrogens (tertiary/aromatic N) is 3. The highest BCUT2D eigenvalue weighted by atomic mass is 19.2. The topological polar surface area (TPSA) is 68.5 Å².